The van der Waals surface area contributed by atoms with Gasteiger partial charge in [0.25, 0.3) is 10.0 Å². The van der Waals surface area contributed by atoms with Crippen LogP contribution in [-0.2, 0) is 10.0 Å². The number of carboxylic acids is 1. The van der Waals surface area contributed by atoms with Crippen molar-refractivity contribution in [3.05, 3.63) is 46.4 Å². The zero-order valence-corrected chi connectivity index (χ0v) is 11.0. The predicted molar refractivity (Wildman–Crippen MR) is 68.5 cm³/mol. The lowest BCUT2D eigenvalue weighted by Crippen LogP contribution is -2.14. The fourth-order valence-corrected chi connectivity index (χ4v) is 3.11. The summed E-state index contributed by atoms with van der Waals surface area (Å²) < 4.78 is 39.4. The first-order valence-electron chi connectivity index (χ1n) is 4.98. The monoisotopic (exact) mass is 301 g/mol. The first kappa shape index (κ1) is 13.5. The molecular weight excluding hydrogens is 293 g/mol. The van der Waals surface area contributed by atoms with E-state index in [1.54, 1.807) is 16.8 Å². The number of halogens is 1. The lowest BCUT2D eigenvalue weighted by atomic mass is 10.2. The van der Waals surface area contributed by atoms with Crippen LogP contribution in [0.5, 0.6) is 0 Å². The van der Waals surface area contributed by atoms with Crippen LogP contribution in [0.1, 0.15) is 10.4 Å². The Balaban J connectivity index is 2.41. The van der Waals surface area contributed by atoms with E-state index in [0.29, 0.717) is 5.69 Å². The average Bonchev–Trinajstić information content (AvgIpc) is 2.80. The van der Waals surface area contributed by atoms with Gasteiger partial charge >= 0.3 is 5.97 Å². The van der Waals surface area contributed by atoms with E-state index in [1.807, 2.05) is 0 Å². The van der Waals surface area contributed by atoms with Crippen LogP contribution >= 0.6 is 11.3 Å². The van der Waals surface area contributed by atoms with Crippen molar-refractivity contribution in [1.82, 2.24) is 0 Å². The lowest BCUT2D eigenvalue weighted by molar-refractivity contribution is 0.0691. The van der Waals surface area contributed by atoms with Gasteiger partial charge in [0.2, 0.25) is 0 Å². The van der Waals surface area contributed by atoms with Gasteiger partial charge in [-0.05, 0) is 29.6 Å². The maximum absolute atomic E-state index is 13.2. The third-order valence-corrected chi connectivity index (χ3v) is 4.31. The molecule has 100 valence electrons. The molecule has 0 saturated heterocycles. The quantitative estimate of drug-likeness (QED) is 0.908. The molecule has 0 fully saturated rings. The number of thiophene rings is 1. The van der Waals surface area contributed by atoms with Crippen molar-refractivity contribution >= 4 is 33.0 Å². The largest absolute Gasteiger partial charge is 0.478 e. The molecule has 0 bridgehead atoms. The van der Waals surface area contributed by atoms with Gasteiger partial charge in [-0.25, -0.2) is 17.6 Å². The topological polar surface area (TPSA) is 83.5 Å². The fourth-order valence-electron chi connectivity index (χ4n) is 1.37. The minimum atomic E-state index is -3.93. The Kier molecular flexibility index (Phi) is 3.54. The van der Waals surface area contributed by atoms with Crippen molar-refractivity contribution < 1.29 is 22.7 Å². The van der Waals surface area contributed by atoms with Gasteiger partial charge in [-0.2, -0.15) is 11.3 Å². The Morgan fingerprint density at radius 1 is 1.32 bits per heavy atom. The zero-order valence-electron chi connectivity index (χ0n) is 9.33. The van der Waals surface area contributed by atoms with Crippen molar-refractivity contribution in [3.8, 4) is 0 Å². The number of aromatic carboxylic acids is 1. The molecule has 5 nitrogen and oxygen atoms in total. The van der Waals surface area contributed by atoms with Crippen LogP contribution in [0, 0.1) is 5.82 Å². The first-order valence-corrected chi connectivity index (χ1v) is 7.40. The zero-order chi connectivity index (χ0) is 14.0. The van der Waals surface area contributed by atoms with E-state index >= 15 is 0 Å². The average molecular weight is 301 g/mol. The van der Waals surface area contributed by atoms with Gasteiger partial charge in [-0.1, -0.05) is 0 Å². The highest BCUT2D eigenvalue weighted by molar-refractivity contribution is 7.92. The number of carboxylic acid groups (broad SMARTS) is 1. The summed E-state index contributed by atoms with van der Waals surface area (Å²) in [4.78, 5) is 10.5. The van der Waals surface area contributed by atoms with Crippen molar-refractivity contribution in [1.29, 1.82) is 0 Å². The minimum Gasteiger partial charge on any atom is -0.478 e. The minimum absolute atomic E-state index is 0.308. The molecule has 0 saturated carbocycles. The molecule has 2 aromatic rings. The molecule has 0 spiro atoms. The maximum Gasteiger partial charge on any atom is 0.338 e. The summed E-state index contributed by atoms with van der Waals surface area (Å²) in [6, 6.07) is 4.17. The number of rotatable bonds is 4. The molecule has 0 amide bonds. The molecule has 0 unspecified atom stereocenters. The first-order chi connectivity index (χ1) is 8.90. The number of carbonyl (C=O) groups is 1. The van der Waals surface area contributed by atoms with Gasteiger partial charge in [0, 0.05) is 5.38 Å². The van der Waals surface area contributed by atoms with Crippen LogP contribution < -0.4 is 4.72 Å². The number of benzene rings is 1. The van der Waals surface area contributed by atoms with Gasteiger partial charge in [-0.15, -0.1) is 0 Å². The Hall–Kier alpha value is -1.93. The highest BCUT2D eigenvalue weighted by Crippen LogP contribution is 2.20. The molecule has 1 heterocycles. The highest BCUT2D eigenvalue weighted by atomic mass is 32.2. The second kappa shape index (κ2) is 4.98. The second-order valence-electron chi connectivity index (χ2n) is 3.56. The van der Waals surface area contributed by atoms with Crippen LogP contribution in [0.2, 0.25) is 0 Å². The van der Waals surface area contributed by atoms with Gasteiger partial charge in [-0.3, -0.25) is 4.72 Å². The van der Waals surface area contributed by atoms with Crippen molar-refractivity contribution in [2.24, 2.45) is 0 Å². The summed E-state index contributed by atoms with van der Waals surface area (Å²) in [6.07, 6.45) is 0. The third-order valence-electron chi connectivity index (χ3n) is 2.25. The van der Waals surface area contributed by atoms with Crippen molar-refractivity contribution in [3.63, 3.8) is 0 Å². The van der Waals surface area contributed by atoms with E-state index in [2.05, 4.69) is 4.72 Å². The van der Waals surface area contributed by atoms with Gasteiger partial charge in [0.05, 0.1) is 16.1 Å². The third kappa shape index (κ3) is 2.91. The molecule has 1 aromatic carbocycles. The number of nitrogens with one attached hydrogen (secondary N) is 1. The van der Waals surface area contributed by atoms with E-state index in [9.17, 15) is 17.6 Å². The molecule has 19 heavy (non-hydrogen) atoms. The Morgan fingerprint density at radius 3 is 2.63 bits per heavy atom. The lowest BCUT2D eigenvalue weighted by Gasteiger charge is -2.07. The van der Waals surface area contributed by atoms with E-state index in [4.69, 9.17) is 5.11 Å². The van der Waals surface area contributed by atoms with Crippen LogP contribution in [0.4, 0.5) is 10.1 Å². The van der Waals surface area contributed by atoms with Crippen LogP contribution in [-0.4, -0.2) is 19.5 Å². The summed E-state index contributed by atoms with van der Waals surface area (Å²) in [5, 5.41) is 12.0. The van der Waals surface area contributed by atoms with Crippen LogP contribution in [0.15, 0.2) is 39.9 Å². The van der Waals surface area contributed by atoms with Crippen LogP contribution in [0.25, 0.3) is 0 Å². The molecule has 0 aliphatic carbocycles. The van der Waals surface area contributed by atoms with E-state index in [0.717, 1.165) is 18.2 Å². The highest BCUT2D eigenvalue weighted by Gasteiger charge is 2.19. The summed E-state index contributed by atoms with van der Waals surface area (Å²) in [6.45, 7) is 0. The molecule has 0 atom stereocenters. The SMILES string of the molecule is O=C(O)c1cc(S(=O)(=O)Nc2ccsc2)ccc1F. The number of hydrogen-bond donors (Lipinski definition) is 2. The molecule has 2 rings (SSSR count). The Morgan fingerprint density at radius 2 is 2.05 bits per heavy atom. The number of sulfonamides is 1. The Bertz CT molecular complexity index is 710. The fraction of sp³-hybridized carbons (Fsp3) is 0. The smallest absolute Gasteiger partial charge is 0.338 e. The summed E-state index contributed by atoms with van der Waals surface area (Å²) >= 11 is 1.30. The van der Waals surface area contributed by atoms with Crippen LogP contribution in [0.3, 0.4) is 0 Å². The summed E-state index contributed by atoms with van der Waals surface area (Å²) in [5.74, 6) is -2.51. The van der Waals surface area contributed by atoms with Crippen molar-refractivity contribution in [2.75, 3.05) is 4.72 Å². The molecular formula is C11H8FNO4S2. The normalized spacial score (nSPS) is 11.2. The van der Waals surface area contributed by atoms with Gasteiger partial charge in [0.15, 0.2) is 0 Å². The van der Waals surface area contributed by atoms with Gasteiger partial charge in [0.1, 0.15) is 5.82 Å². The van der Waals surface area contributed by atoms with E-state index < -0.39 is 27.4 Å². The Labute approximate surface area is 112 Å². The second-order valence-corrected chi connectivity index (χ2v) is 6.03. The molecule has 1 aromatic heterocycles. The van der Waals surface area contributed by atoms with E-state index in [1.165, 1.54) is 11.3 Å². The maximum atomic E-state index is 13.2. The molecule has 8 heteroatoms. The standard InChI is InChI=1S/C11H8FNO4S2/c12-10-2-1-8(5-9(10)11(14)15)19(16,17)13-7-3-4-18-6-7/h1-6,13H,(H,14,15). The van der Waals surface area contributed by atoms with Crippen molar-refractivity contribution in [2.45, 2.75) is 4.90 Å². The molecule has 0 aliphatic rings. The summed E-state index contributed by atoms with van der Waals surface area (Å²) in [5.41, 5.74) is -0.320. The molecule has 0 radical (unpaired) electrons. The van der Waals surface area contributed by atoms with E-state index in [-0.39, 0.29) is 4.90 Å². The van der Waals surface area contributed by atoms with Gasteiger partial charge < -0.3 is 5.11 Å². The predicted octanol–water partition coefficient (Wildman–Crippen LogP) is 2.39. The molecule has 2 N–H and O–H groups in total. The number of anilines is 1. The summed E-state index contributed by atoms with van der Waals surface area (Å²) in [7, 11) is -3.93. The molecule has 0 aliphatic heterocycles. The number of hydrogen-bond acceptors (Lipinski definition) is 4.